The average molecular weight is 294 g/mol. The topological polar surface area (TPSA) is 37.8 Å². The average Bonchev–Trinajstić information content (AvgIpc) is 2.48. The van der Waals surface area contributed by atoms with Gasteiger partial charge in [0.1, 0.15) is 12.1 Å². The summed E-state index contributed by atoms with van der Waals surface area (Å²) in [6.07, 6.45) is 6.65. The molecule has 0 amide bonds. The number of nitrogens with one attached hydrogen (secondary N) is 1. The largest absolute Gasteiger partial charge is 0.310 e. The van der Waals surface area contributed by atoms with E-state index in [-0.39, 0.29) is 11.9 Å². The summed E-state index contributed by atoms with van der Waals surface area (Å²) in [6, 6.07) is 4.46. The van der Waals surface area contributed by atoms with Crippen molar-refractivity contribution in [2.45, 2.75) is 25.8 Å². The van der Waals surface area contributed by atoms with E-state index in [0.717, 1.165) is 24.1 Å². The molecule has 5 heteroatoms. The first-order valence-electron chi connectivity index (χ1n) is 6.63. The number of hydrogen-bond acceptors (Lipinski definition) is 3. The molecule has 0 saturated carbocycles. The summed E-state index contributed by atoms with van der Waals surface area (Å²) in [4.78, 5) is 8.07. The van der Waals surface area contributed by atoms with Crippen LogP contribution in [0.25, 0.3) is 0 Å². The molecule has 106 valence electrons. The fourth-order valence-electron chi connectivity index (χ4n) is 2.04. The van der Waals surface area contributed by atoms with Crippen LogP contribution in [0.3, 0.4) is 0 Å². The minimum Gasteiger partial charge on any atom is -0.310 e. The highest BCUT2D eigenvalue weighted by Crippen LogP contribution is 2.23. The third-order valence-electron chi connectivity index (χ3n) is 3.06. The molecule has 1 heterocycles. The van der Waals surface area contributed by atoms with Gasteiger partial charge in [-0.05, 0) is 43.1 Å². The van der Waals surface area contributed by atoms with Gasteiger partial charge in [-0.15, -0.1) is 0 Å². The molecule has 20 heavy (non-hydrogen) atoms. The van der Waals surface area contributed by atoms with Gasteiger partial charge >= 0.3 is 0 Å². The Hall–Kier alpha value is -1.52. The van der Waals surface area contributed by atoms with Crippen LogP contribution in [0.15, 0.2) is 36.9 Å². The minimum absolute atomic E-state index is 0.0236. The van der Waals surface area contributed by atoms with Crippen molar-refractivity contribution in [1.29, 1.82) is 0 Å². The summed E-state index contributed by atoms with van der Waals surface area (Å²) >= 11 is 6.14. The molecular formula is C15H17ClFN3. The molecule has 0 aliphatic heterocycles. The van der Waals surface area contributed by atoms with Gasteiger partial charge in [-0.3, -0.25) is 0 Å². The van der Waals surface area contributed by atoms with Crippen molar-refractivity contribution in [1.82, 2.24) is 15.3 Å². The Kier molecular flexibility index (Phi) is 5.44. The minimum atomic E-state index is -0.275. The highest BCUT2D eigenvalue weighted by Gasteiger charge is 2.14. The smallest absolute Gasteiger partial charge is 0.123 e. The van der Waals surface area contributed by atoms with Gasteiger partial charge in [0.25, 0.3) is 0 Å². The van der Waals surface area contributed by atoms with Gasteiger partial charge in [-0.2, -0.15) is 0 Å². The lowest BCUT2D eigenvalue weighted by Crippen LogP contribution is -2.24. The Morgan fingerprint density at radius 3 is 2.75 bits per heavy atom. The van der Waals surface area contributed by atoms with Crippen molar-refractivity contribution in [3.8, 4) is 0 Å². The molecule has 2 rings (SSSR count). The van der Waals surface area contributed by atoms with Crippen LogP contribution in [-0.2, 0) is 6.42 Å². The summed E-state index contributed by atoms with van der Waals surface area (Å²) < 4.78 is 13.3. The van der Waals surface area contributed by atoms with Crippen molar-refractivity contribution in [2.75, 3.05) is 6.54 Å². The molecular weight excluding hydrogens is 277 g/mol. The summed E-state index contributed by atoms with van der Waals surface area (Å²) in [5, 5.41) is 4.00. The molecule has 0 aliphatic rings. The van der Waals surface area contributed by atoms with Crippen molar-refractivity contribution in [3.05, 3.63) is 58.9 Å². The Morgan fingerprint density at radius 1 is 1.30 bits per heavy atom. The van der Waals surface area contributed by atoms with E-state index >= 15 is 0 Å². The first-order chi connectivity index (χ1) is 9.70. The van der Waals surface area contributed by atoms with E-state index in [1.807, 2.05) is 0 Å². The third kappa shape index (κ3) is 3.99. The van der Waals surface area contributed by atoms with Gasteiger partial charge in [-0.1, -0.05) is 18.5 Å². The Morgan fingerprint density at radius 2 is 2.05 bits per heavy atom. The quantitative estimate of drug-likeness (QED) is 0.885. The molecule has 0 radical (unpaired) electrons. The maximum atomic E-state index is 13.3. The molecule has 2 aromatic rings. The fourth-order valence-corrected chi connectivity index (χ4v) is 2.23. The number of nitrogens with zero attached hydrogens (tertiary/aromatic N) is 2. The summed E-state index contributed by atoms with van der Waals surface area (Å²) in [7, 11) is 0. The lowest BCUT2D eigenvalue weighted by Gasteiger charge is -2.19. The molecule has 0 spiro atoms. The van der Waals surface area contributed by atoms with Crippen LogP contribution in [-0.4, -0.2) is 16.5 Å². The first-order valence-corrected chi connectivity index (χ1v) is 7.00. The van der Waals surface area contributed by atoms with E-state index in [9.17, 15) is 4.39 Å². The number of rotatable bonds is 6. The maximum absolute atomic E-state index is 13.3. The normalized spacial score (nSPS) is 12.3. The second kappa shape index (κ2) is 7.31. The van der Waals surface area contributed by atoms with E-state index in [0.29, 0.717) is 11.4 Å². The highest BCUT2D eigenvalue weighted by molar-refractivity contribution is 6.31. The van der Waals surface area contributed by atoms with E-state index in [2.05, 4.69) is 22.2 Å². The summed E-state index contributed by atoms with van der Waals surface area (Å²) in [6.45, 7) is 2.97. The van der Waals surface area contributed by atoms with Crippen molar-refractivity contribution in [3.63, 3.8) is 0 Å². The molecule has 0 aliphatic carbocycles. The van der Waals surface area contributed by atoms with Crippen LogP contribution >= 0.6 is 11.6 Å². The van der Waals surface area contributed by atoms with Gasteiger partial charge < -0.3 is 5.32 Å². The lowest BCUT2D eigenvalue weighted by molar-refractivity contribution is 0.524. The molecule has 0 saturated heterocycles. The Balaban J connectivity index is 2.21. The van der Waals surface area contributed by atoms with E-state index in [4.69, 9.17) is 11.6 Å². The van der Waals surface area contributed by atoms with Gasteiger partial charge in [0.05, 0.1) is 0 Å². The summed E-state index contributed by atoms with van der Waals surface area (Å²) in [5.41, 5.74) is 1.76. The maximum Gasteiger partial charge on any atom is 0.123 e. The van der Waals surface area contributed by atoms with Crippen LogP contribution in [0, 0.1) is 5.82 Å². The SMILES string of the molecule is CCCNC(Cc1cc(F)ccc1Cl)c1cncnc1. The second-order valence-electron chi connectivity index (χ2n) is 4.62. The van der Waals surface area contributed by atoms with Crippen molar-refractivity contribution < 1.29 is 4.39 Å². The molecule has 1 unspecified atom stereocenters. The number of aromatic nitrogens is 2. The standard InChI is InChI=1S/C15H17ClFN3/c1-2-5-20-15(12-8-18-10-19-9-12)7-11-6-13(17)3-4-14(11)16/h3-4,6,8-10,15,20H,2,5,7H2,1H3. The highest BCUT2D eigenvalue weighted by atomic mass is 35.5. The second-order valence-corrected chi connectivity index (χ2v) is 5.03. The number of hydrogen-bond donors (Lipinski definition) is 1. The van der Waals surface area contributed by atoms with Crippen LogP contribution in [0.5, 0.6) is 0 Å². The van der Waals surface area contributed by atoms with Gasteiger partial charge in [0.2, 0.25) is 0 Å². The van der Waals surface area contributed by atoms with Crippen molar-refractivity contribution in [2.24, 2.45) is 0 Å². The Bertz CT molecular complexity index is 548. The lowest BCUT2D eigenvalue weighted by atomic mass is 10.0. The Labute approximate surface area is 123 Å². The molecule has 1 aromatic heterocycles. The molecule has 0 fully saturated rings. The predicted octanol–water partition coefficient (Wildman–Crippen LogP) is 3.55. The fraction of sp³-hybridized carbons (Fsp3) is 0.333. The van der Waals surface area contributed by atoms with Gasteiger partial charge in [0, 0.05) is 29.0 Å². The first kappa shape index (κ1) is 14.9. The monoisotopic (exact) mass is 293 g/mol. The third-order valence-corrected chi connectivity index (χ3v) is 3.42. The molecule has 1 N–H and O–H groups in total. The molecule has 1 atom stereocenters. The molecule has 3 nitrogen and oxygen atoms in total. The van der Waals surface area contributed by atoms with Gasteiger partial charge in [0.15, 0.2) is 0 Å². The van der Waals surface area contributed by atoms with Crippen LogP contribution in [0.4, 0.5) is 4.39 Å². The zero-order valence-corrected chi connectivity index (χ0v) is 12.1. The van der Waals surface area contributed by atoms with E-state index < -0.39 is 0 Å². The zero-order valence-electron chi connectivity index (χ0n) is 11.3. The number of halogens is 2. The zero-order chi connectivity index (χ0) is 14.4. The van der Waals surface area contributed by atoms with Crippen LogP contribution in [0.1, 0.15) is 30.5 Å². The van der Waals surface area contributed by atoms with Gasteiger partial charge in [-0.25, -0.2) is 14.4 Å². The molecule has 1 aromatic carbocycles. The van der Waals surface area contributed by atoms with E-state index in [1.54, 1.807) is 18.5 Å². The van der Waals surface area contributed by atoms with Crippen molar-refractivity contribution >= 4 is 11.6 Å². The molecule has 0 bridgehead atoms. The predicted molar refractivity (Wildman–Crippen MR) is 78.2 cm³/mol. The van der Waals surface area contributed by atoms with Crippen LogP contribution in [0.2, 0.25) is 5.02 Å². The number of benzene rings is 1. The van der Waals surface area contributed by atoms with E-state index in [1.165, 1.54) is 18.5 Å². The van der Waals surface area contributed by atoms with Crippen LogP contribution < -0.4 is 5.32 Å². The summed E-state index contributed by atoms with van der Waals surface area (Å²) in [5.74, 6) is -0.275.